The van der Waals surface area contributed by atoms with Crippen molar-refractivity contribution in [1.29, 1.82) is 0 Å². The fraction of sp³-hybridized carbons (Fsp3) is 0.385. The molecule has 0 spiro atoms. The van der Waals surface area contributed by atoms with Crippen LogP contribution in [-0.2, 0) is 0 Å². The van der Waals surface area contributed by atoms with Gasteiger partial charge in [0.1, 0.15) is 0 Å². The average Bonchev–Trinajstić information content (AvgIpc) is 2.90. The third-order valence-electron chi connectivity index (χ3n) is 3.20. The molecule has 2 aromatic rings. The van der Waals surface area contributed by atoms with Crippen molar-refractivity contribution in [3.05, 3.63) is 24.3 Å². The van der Waals surface area contributed by atoms with E-state index in [1.807, 2.05) is 24.3 Å². The summed E-state index contributed by atoms with van der Waals surface area (Å²) in [5.41, 5.74) is 7.29. The second kappa shape index (κ2) is 4.68. The van der Waals surface area contributed by atoms with Gasteiger partial charge in [-0.2, -0.15) is 0 Å². The van der Waals surface area contributed by atoms with Gasteiger partial charge in [-0.3, -0.25) is 0 Å². The van der Waals surface area contributed by atoms with E-state index in [0.29, 0.717) is 11.9 Å². The van der Waals surface area contributed by atoms with Crippen LogP contribution in [0.15, 0.2) is 28.7 Å². The number of nitrogens with zero attached hydrogens (tertiary/aromatic N) is 3. The molecule has 0 aliphatic carbocycles. The summed E-state index contributed by atoms with van der Waals surface area (Å²) in [5.74, 6) is 0.551. The maximum absolute atomic E-state index is 5.71. The standard InChI is InChI=1S/C13H16N4O/c14-11-6-4-10(5-7-11)12-15-16-13(18-12)17-8-2-1-3-9-17/h4-7H,1-3,8-9,14H2. The number of piperidine rings is 1. The molecule has 1 aromatic carbocycles. The highest BCUT2D eigenvalue weighted by Crippen LogP contribution is 2.24. The minimum Gasteiger partial charge on any atom is -0.403 e. The van der Waals surface area contributed by atoms with E-state index in [9.17, 15) is 0 Å². The summed E-state index contributed by atoms with van der Waals surface area (Å²) in [4.78, 5) is 2.15. The molecular formula is C13H16N4O. The topological polar surface area (TPSA) is 68.2 Å². The Kier molecular flexibility index (Phi) is 2.88. The van der Waals surface area contributed by atoms with Crippen molar-refractivity contribution in [2.75, 3.05) is 23.7 Å². The van der Waals surface area contributed by atoms with Crippen molar-refractivity contribution < 1.29 is 4.42 Å². The second-order valence-corrected chi connectivity index (χ2v) is 4.56. The molecule has 5 heteroatoms. The highest BCUT2D eigenvalue weighted by atomic mass is 16.4. The van der Waals surface area contributed by atoms with Crippen molar-refractivity contribution in [1.82, 2.24) is 10.2 Å². The molecule has 0 atom stereocenters. The van der Waals surface area contributed by atoms with E-state index < -0.39 is 0 Å². The van der Waals surface area contributed by atoms with Crippen molar-refractivity contribution >= 4 is 11.7 Å². The van der Waals surface area contributed by atoms with Gasteiger partial charge in [0, 0.05) is 24.3 Å². The summed E-state index contributed by atoms with van der Waals surface area (Å²) in [5, 5.41) is 8.21. The van der Waals surface area contributed by atoms with Crippen LogP contribution in [0.4, 0.5) is 11.7 Å². The van der Waals surface area contributed by atoms with Gasteiger partial charge >= 0.3 is 6.01 Å². The fourth-order valence-corrected chi connectivity index (χ4v) is 2.17. The lowest BCUT2D eigenvalue weighted by Gasteiger charge is -2.24. The van der Waals surface area contributed by atoms with Crippen LogP contribution < -0.4 is 10.6 Å². The quantitative estimate of drug-likeness (QED) is 0.821. The molecular weight excluding hydrogens is 228 g/mol. The van der Waals surface area contributed by atoms with Gasteiger partial charge in [-0.25, -0.2) is 0 Å². The minimum absolute atomic E-state index is 0.551. The molecule has 18 heavy (non-hydrogen) atoms. The number of aromatic nitrogens is 2. The molecule has 0 bridgehead atoms. The molecule has 1 aliphatic heterocycles. The van der Waals surface area contributed by atoms with E-state index in [4.69, 9.17) is 10.2 Å². The molecule has 0 unspecified atom stereocenters. The van der Waals surface area contributed by atoms with Crippen LogP contribution in [0.25, 0.3) is 11.5 Å². The monoisotopic (exact) mass is 244 g/mol. The lowest BCUT2D eigenvalue weighted by atomic mass is 10.1. The fourth-order valence-electron chi connectivity index (χ4n) is 2.17. The van der Waals surface area contributed by atoms with Gasteiger partial charge in [0.15, 0.2) is 0 Å². The maximum Gasteiger partial charge on any atom is 0.318 e. The predicted molar refractivity (Wildman–Crippen MR) is 70.2 cm³/mol. The Bertz CT molecular complexity index is 514. The van der Waals surface area contributed by atoms with E-state index >= 15 is 0 Å². The molecule has 2 heterocycles. The first kappa shape index (κ1) is 11.1. The van der Waals surface area contributed by atoms with E-state index in [1.54, 1.807) is 0 Å². The van der Waals surface area contributed by atoms with Crippen LogP contribution in [0.3, 0.4) is 0 Å². The summed E-state index contributed by atoms with van der Waals surface area (Å²) in [6.07, 6.45) is 3.68. The molecule has 94 valence electrons. The molecule has 3 rings (SSSR count). The Morgan fingerprint density at radius 2 is 1.72 bits per heavy atom. The number of nitrogen functional groups attached to an aromatic ring is 1. The van der Waals surface area contributed by atoms with Crippen molar-refractivity contribution in [2.45, 2.75) is 19.3 Å². The first-order chi connectivity index (χ1) is 8.83. The van der Waals surface area contributed by atoms with Crippen LogP contribution in [-0.4, -0.2) is 23.3 Å². The minimum atomic E-state index is 0.551. The molecule has 1 aliphatic rings. The van der Waals surface area contributed by atoms with Gasteiger partial charge in [-0.05, 0) is 43.5 Å². The third-order valence-corrected chi connectivity index (χ3v) is 3.20. The highest BCUT2D eigenvalue weighted by Gasteiger charge is 2.17. The summed E-state index contributed by atoms with van der Waals surface area (Å²) in [7, 11) is 0. The summed E-state index contributed by atoms with van der Waals surface area (Å²) in [6.45, 7) is 2.01. The molecule has 1 saturated heterocycles. The van der Waals surface area contributed by atoms with Gasteiger partial charge < -0.3 is 15.1 Å². The Morgan fingerprint density at radius 1 is 1.00 bits per heavy atom. The normalized spacial score (nSPS) is 15.9. The van der Waals surface area contributed by atoms with E-state index in [2.05, 4.69) is 15.1 Å². The zero-order valence-electron chi connectivity index (χ0n) is 10.2. The Hall–Kier alpha value is -2.04. The predicted octanol–water partition coefficient (Wildman–Crippen LogP) is 2.31. The summed E-state index contributed by atoms with van der Waals surface area (Å²) >= 11 is 0. The van der Waals surface area contributed by atoms with Crippen LogP contribution in [0.2, 0.25) is 0 Å². The number of rotatable bonds is 2. The third kappa shape index (κ3) is 2.16. The first-order valence-corrected chi connectivity index (χ1v) is 6.27. The van der Waals surface area contributed by atoms with Crippen LogP contribution >= 0.6 is 0 Å². The SMILES string of the molecule is Nc1ccc(-c2nnc(N3CCCCC3)o2)cc1. The lowest BCUT2D eigenvalue weighted by Crippen LogP contribution is -2.29. The lowest BCUT2D eigenvalue weighted by molar-refractivity contribution is 0.498. The van der Waals surface area contributed by atoms with Crippen molar-refractivity contribution in [2.24, 2.45) is 0 Å². The van der Waals surface area contributed by atoms with Gasteiger partial charge in [0.2, 0.25) is 5.89 Å². The molecule has 0 saturated carbocycles. The number of nitrogens with two attached hydrogens (primary N) is 1. The molecule has 5 nitrogen and oxygen atoms in total. The molecule has 1 aromatic heterocycles. The molecule has 2 N–H and O–H groups in total. The van der Waals surface area contributed by atoms with E-state index in [1.165, 1.54) is 19.3 Å². The Morgan fingerprint density at radius 3 is 2.44 bits per heavy atom. The van der Waals surface area contributed by atoms with Crippen molar-refractivity contribution in [3.63, 3.8) is 0 Å². The summed E-state index contributed by atoms with van der Waals surface area (Å²) in [6, 6.07) is 8.08. The number of hydrogen-bond acceptors (Lipinski definition) is 5. The van der Waals surface area contributed by atoms with Crippen LogP contribution in [0, 0.1) is 0 Å². The van der Waals surface area contributed by atoms with Crippen LogP contribution in [0.1, 0.15) is 19.3 Å². The number of anilines is 2. The van der Waals surface area contributed by atoms with Gasteiger partial charge in [-0.15, -0.1) is 5.10 Å². The van der Waals surface area contributed by atoms with Gasteiger partial charge in [0.25, 0.3) is 0 Å². The number of benzene rings is 1. The summed E-state index contributed by atoms with van der Waals surface area (Å²) < 4.78 is 5.71. The number of hydrogen-bond donors (Lipinski definition) is 1. The van der Waals surface area contributed by atoms with E-state index in [-0.39, 0.29) is 0 Å². The van der Waals surface area contributed by atoms with E-state index in [0.717, 1.165) is 24.3 Å². The molecule has 0 amide bonds. The Labute approximate surface area is 106 Å². The Balaban J connectivity index is 1.82. The van der Waals surface area contributed by atoms with Crippen molar-refractivity contribution in [3.8, 4) is 11.5 Å². The molecule has 1 fully saturated rings. The molecule has 0 radical (unpaired) electrons. The first-order valence-electron chi connectivity index (χ1n) is 6.27. The zero-order chi connectivity index (χ0) is 12.4. The van der Waals surface area contributed by atoms with Gasteiger partial charge in [0.05, 0.1) is 0 Å². The van der Waals surface area contributed by atoms with Gasteiger partial charge in [-0.1, -0.05) is 5.10 Å². The second-order valence-electron chi connectivity index (χ2n) is 4.56. The average molecular weight is 244 g/mol. The maximum atomic E-state index is 5.71. The highest BCUT2D eigenvalue weighted by molar-refractivity contribution is 5.57. The van der Waals surface area contributed by atoms with Crippen LogP contribution in [0.5, 0.6) is 0 Å². The zero-order valence-corrected chi connectivity index (χ0v) is 10.2. The largest absolute Gasteiger partial charge is 0.403 e. The smallest absolute Gasteiger partial charge is 0.318 e.